The Morgan fingerprint density at radius 2 is 2.25 bits per heavy atom. The fourth-order valence-corrected chi connectivity index (χ4v) is 0.322. The second-order valence-electron chi connectivity index (χ2n) is 1.37. The van der Waals surface area contributed by atoms with Crippen LogP contribution in [0, 0.1) is 5.41 Å². The molecule has 0 fully saturated rings. The summed E-state index contributed by atoms with van der Waals surface area (Å²) in [5.74, 6) is 0. The van der Waals surface area contributed by atoms with Crippen molar-refractivity contribution in [3.63, 3.8) is 0 Å². The monoisotopic (exact) mass is 132 g/mol. The highest BCUT2D eigenvalue weighted by Crippen LogP contribution is 2.00. The Bertz CT molecular complexity index is 118. The van der Waals surface area contributed by atoms with Gasteiger partial charge in [0.15, 0.2) is 0 Å². The summed E-state index contributed by atoms with van der Waals surface area (Å²) in [5, 5.41) is 9.95. The summed E-state index contributed by atoms with van der Waals surface area (Å²) in [5.41, 5.74) is 0.821. The van der Waals surface area contributed by atoms with E-state index in [1.165, 1.54) is 0 Å². The molecule has 0 spiro atoms. The molecule has 0 rings (SSSR count). The Balaban J connectivity index is 4.03. The minimum Gasteiger partial charge on any atom is -0.390 e. The minimum atomic E-state index is 0.451. The molecule has 0 aromatic carbocycles. The predicted octanol–water partition coefficient (Wildman–Crippen LogP) is 1.33. The van der Waals surface area contributed by atoms with Crippen LogP contribution in [-0.2, 0) is 0 Å². The first-order valence-corrected chi connectivity index (χ1v) is 2.64. The SMILES string of the molecule is CN/C(C)=C(/Cl)C=N. The third kappa shape index (κ3) is 1.98. The first-order chi connectivity index (χ1) is 3.72. The van der Waals surface area contributed by atoms with Crippen LogP contribution in [0.1, 0.15) is 6.92 Å². The third-order valence-electron chi connectivity index (χ3n) is 0.860. The van der Waals surface area contributed by atoms with Crippen molar-refractivity contribution in [3.05, 3.63) is 10.7 Å². The van der Waals surface area contributed by atoms with Gasteiger partial charge in [0, 0.05) is 19.0 Å². The number of hydrogen-bond donors (Lipinski definition) is 2. The molecule has 0 heterocycles. The molecule has 0 aromatic rings. The van der Waals surface area contributed by atoms with Crippen molar-refractivity contribution in [2.45, 2.75) is 6.92 Å². The molecule has 0 radical (unpaired) electrons. The van der Waals surface area contributed by atoms with E-state index in [0.29, 0.717) is 5.03 Å². The molecule has 0 unspecified atom stereocenters. The molecular formula is C5H9ClN2. The van der Waals surface area contributed by atoms with Gasteiger partial charge in [-0.3, -0.25) is 0 Å². The van der Waals surface area contributed by atoms with E-state index in [-0.39, 0.29) is 0 Å². The summed E-state index contributed by atoms with van der Waals surface area (Å²) in [6.07, 6.45) is 1.10. The molecule has 0 aliphatic rings. The van der Waals surface area contributed by atoms with Crippen LogP contribution in [0.3, 0.4) is 0 Å². The van der Waals surface area contributed by atoms with E-state index in [0.717, 1.165) is 11.9 Å². The van der Waals surface area contributed by atoms with Crippen molar-refractivity contribution < 1.29 is 0 Å². The zero-order valence-electron chi connectivity index (χ0n) is 4.96. The van der Waals surface area contributed by atoms with Gasteiger partial charge in [-0.05, 0) is 6.92 Å². The van der Waals surface area contributed by atoms with E-state index in [4.69, 9.17) is 17.0 Å². The van der Waals surface area contributed by atoms with Gasteiger partial charge in [0.05, 0.1) is 5.03 Å². The maximum Gasteiger partial charge on any atom is 0.0767 e. The van der Waals surface area contributed by atoms with Gasteiger partial charge < -0.3 is 10.7 Å². The summed E-state index contributed by atoms with van der Waals surface area (Å²) >= 11 is 5.49. The largest absolute Gasteiger partial charge is 0.390 e. The number of allylic oxidation sites excluding steroid dienone is 2. The topological polar surface area (TPSA) is 35.9 Å². The summed E-state index contributed by atoms with van der Waals surface area (Å²) in [6, 6.07) is 0. The van der Waals surface area contributed by atoms with Gasteiger partial charge in [-0.2, -0.15) is 0 Å². The molecule has 0 bridgehead atoms. The molecular weight excluding hydrogens is 124 g/mol. The molecule has 2 nitrogen and oxygen atoms in total. The van der Waals surface area contributed by atoms with Crippen molar-refractivity contribution in [2.75, 3.05) is 7.05 Å². The molecule has 2 N–H and O–H groups in total. The Kier molecular flexibility index (Phi) is 3.28. The highest BCUT2D eigenvalue weighted by atomic mass is 35.5. The number of hydrogen-bond acceptors (Lipinski definition) is 2. The van der Waals surface area contributed by atoms with Crippen LogP contribution in [0.25, 0.3) is 0 Å². The average molecular weight is 133 g/mol. The molecule has 46 valence electrons. The first kappa shape index (κ1) is 7.50. The number of halogens is 1. The standard InChI is InChI=1S/C5H9ClN2/c1-4(8-2)5(6)3-7/h3,7-8H,1-2H3/b5-4+,7-3?. The van der Waals surface area contributed by atoms with E-state index >= 15 is 0 Å². The molecule has 0 saturated carbocycles. The molecule has 3 heteroatoms. The molecule has 0 aliphatic heterocycles. The fourth-order valence-electron chi connectivity index (χ4n) is 0.228. The van der Waals surface area contributed by atoms with Crippen molar-refractivity contribution in [1.82, 2.24) is 5.32 Å². The lowest BCUT2D eigenvalue weighted by molar-refractivity contribution is 0.989. The van der Waals surface area contributed by atoms with Gasteiger partial charge in [0.25, 0.3) is 0 Å². The van der Waals surface area contributed by atoms with Crippen LogP contribution < -0.4 is 5.32 Å². The van der Waals surface area contributed by atoms with Gasteiger partial charge in [-0.15, -0.1) is 0 Å². The lowest BCUT2D eigenvalue weighted by Crippen LogP contribution is -2.03. The molecule has 0 aromatic heterocycles. The summed E-state index contributed by atoms with van der Waals surface area (Å²) in [4.78, 5) is 0. The molecule has 0 aliphatic carbocycles. The Morgan fingerprint density at radius 3 is 2.38 bits per heavy atom. The van der Waals surface area contributed by atoms with Crippen LogP contribution in [0.2, 0.25) is 0 Å². The lowest BCUT2D eigenvalue weighted by Gasteiger charge is -1.96. The second kappa shape index (κ2) is 3.50. The van der Waals surface area contributed by atoms with E-state index in [1.807, 2.05) is 6.92 Å². The quantitative estimate of drug-likeness (QED) is 0.547. The van der Waals surface area contributed by atoms with Gasteiger partial charge in [0.1, 0.15) is 0 Å². The third-order valence-corrected chi connectivity index (χ3v) is 1.25. The van der Waals surface area contributed by atoms with Crippen LogP contribution in [0.4, 0.5) is 0 Å². The fraction of sp³-hybridized carbons (Fsp3) is 0.400. The normalized spacial score (nSPS) is 12.4. The molecule has 0 saturated heterocycles. The zero-order chi connectivity index (χ0) is 6.57. The van der Waals surface area contributed by atoms with Crippen LogP contribution in [0.15, 0.2) is 10.7 Å². The van der Waals surface area contributed by atoms with Crippen LogP contribution in [-0.4, -0.2) is 13.3 Å². The molecule has 0 atom stereocenters. The maximum absolute atomic E-state index is 6.69. The van der Waals surface area contributed by atoms with E-state index in [1.54, 1.807) is 7.05 Å². The van der Waals surface area contributed by atoms with E-state index in [2.05, 4.69) is 5.32 Å². The van der Waals surface area contributed by atoms with Gasteiger partial charge in [-0.25, -0.2) is 0 Å². The minimum absolute atomic E-state index is 0.451. The summed E-state index contributed by atoms with van der Waals surface area (Å²) in [7, 11) is 1.77. The zero-order valence-corrected chi connectivity index (χ0v) is 5.71. The maximum atomic E-state index is 6.69. The van der Waals surface area contributed by atoms with Gasteiger partial charge in [-0.1, -0.05) is 11.6 Å². The van der Waals surface area contributed by atoms with Crippen molar-refractivity contribution in [3.8, 4) is 0 Å². The van der Waals surface area contributed by atoms with E-state index in [9.17, 15) is 0 Å². The molecule has 0 amide bonds. The van der Waals surface area contributed by atoms with E-state index < -0.39 is 0 Å². The average Bonchev–Trinajstić information content (AvgIpc) is 1.84. The van der Waals surface area contributed by atoms with Gasteiger partial charge >= 0.3 is 0 Å². The van der Waals surface area contributed by atoms with Crippen LogP contribution in [0.5, 0.6) is 0 Å². The summed E-state index contributed by atoms with van der Waals surface area (Å²) in [6.45, 7) is 1.81. The van der Waals surface area contributed by atoms with Crippen molar-refractivity contribution in [1.29, 1.82) is 5.41 Å². The van der Waals surface area contributed by atoms with Crippen LogP contribution >= 0.6 is 11.6 Å². The lowest BCUT2D eigenvalue weighted by atomic mass is 10.4. The second-order valence-corrected chi connectivity index (χ2v) is 1.77. The Labute approximate surface area is 54.0 Å². The highest BCUT2D eigenvalue weighted by Gasteiger charge is 1.88. The first-order valence-electron chi connectivity index (χ1n) is 2.27. The Hall–Kier alpha value is -0.500. The predicted molar refractivity (Wildman–Crippen MR) is 36.4 cm³/mol. The Morgan fingerprint density at radius 1 is 1.75 bits per heavy atom. The van der Waals surface area contributed by atoms with Crippen molar-refractivity contribution in [2.24, 2.45) is 0 Å². The smallest absolute Gasteiger partial charge is 0.0767 e. The van der Waals surface area contributed by atoms with Gasteiger partial charge in [0.2, 0.25) is 0 Å². The highest BCUT2D eigenvalue weighted by molar-refractivity contribution is 6.39. The summed E-state index contributed by atoms with van der Waals surface area (Å²) < 4.78 is 0. The molecule has 8 heavy (non-hydrogen) atoms. The number of rotatable bonds is 2. The number of nitrogens with one attached hydrogen (secondary N) is 2. The van der Waals surface area contributed by atoms with Crippen molar-refractivity contribution >= 4 is 17.8 Å².